The number of fused-ring (bicyclic) bond motifs is 3. The van der Waals surface area contributed by atoms with Gasteiger partial charge in [0.15, 0.2) is 5.82 Å². The zero-order chi connectivity index (χ0) is 21.5. The number of para-hydroxylation sites is 2. The number of hydrogen-bond acceptors (Lipinski definition) is 7. The largest absolute Gasteiger partial charge is 0.506 e. The number of benzene rings is 1. The molecule has 1 saturated heterocycles. The fraction of sp³-hybridized carbons (Fsp3) is 0.333. The number of thiophene rings is 1. The quantitative estimate of drug-likeness (QED) is 0.474. The smallest absolute Gasteiger partial charge is 0.272 e. The molecule has 10 heteroatoms. The van der Waals surface area contributed by atoms with Gasteiger partial charge < -0.3 is 10.4 Å². The van der Waals surface area contributed by atoms with E-state index >= 15 is 0 Å². The van der Waals surface area contributed by atoms with Crippen LogP contribution in [-0.4, -0.2) is 48.2 Å². The highest BCUT2D eigenvalue weighted by molar-refractivity contribution is 7.17. The summed E-state index contributed by atoms with van der Waals surface area (Å²) in [7, 11) is 1.71. The molecule has 0 bridgehead atoms. The third-order valence-corrected chi connectivity index (χ3v) is 6.77. The van der Waals surface area contributed by atoms with Crippen LogP contribution >= 0.6 is 11.3 Å². The van der Waals surface area contributed by atoms with E-state index in [0.717, 1.165) is 37.3 Å². The van der Waals surface area contributed by atoms with E-state index in [1.807, 2.05) is 15.8 Å². The Morgan fingerprint density at radius 1 is 1.23 bits per heavy atom. The van der Waals surface area contributed by atoms with Crippen LogP contribution in [0.2, 0.25) is 0 Å². The molecule has 1 amide bonds. The van der Waals surface area contributed by atoms with Gasteiger partial charge in [-0.15, -0.1) is 21.5 Å². The third-order valence-electron chi connectivity index (χ3n) is 5.88. The van der Waals surface area contributed by atoms with Gasteiger partial charge in [-0.1, -0.05) is 12.1 Å². The fourth-order valence-corrected chi connectivity index (χ4v) is 4.97. The number of carbonyl (C=O) groups is 1. The van der Waals surface area contributed by atoms with E-state index in [4.69, 9.17) is 0 Å². The number of amides is 1. The lowest BCUT2D eigenvalue weighted by molar-refractivity contribution is -0.121. The molecule has 4 heterocycles. The summed E-state index contributed by atoms with van der Waals surface area (Å²) in [5, 5.41) is 23.2. The summed E-state index contributed by atoms with van der Waals surface area (Å²) in [6.45, 7) is 2.11. The topological polar surface area (TPSA) is 105 Å². The molecule has 0 radical (unpaired) electrons. The van der Waals surface area contributed by atoms with Gasteiger partial charge in [0, 0.05) is 13.0 Å². The predicted octanol–water partition coefficient (Wildman–Crippen LogP) is 2.20. The van der Waals surface area contributed by atoms with Gasteiger partial charge >= 0.3 is 0 Å². The lowest BCUT2D eigenvalue weighted by Gasteiger charge is -2.30. The number of nitrogens with one attached hydrogen (secondary N) is 1. The molecule has 9 nitrogen and oxygen atoms in total. The van der Waals surface area contributed by atoms with E-state index < -0.39 is 0 Å². The summed E-state index contributed by atoms with van der Waals surface area (Å²) in [5.41, 5.74) is 1.21. The number of aryl methyl sites for hydroxylation is 1. The van der Waals surface area contributed by atoms with Crippen LogP contribution in [0.15, 0.2) is 40.5 Å². The van der Waals surface area contributed by atoms with E-state index in [1.165, 1.54) is 15.9 Å². The van der Waals surface area contributed by atoms with E-state index in [-0.39, 0.29) is 23.1 Å². The average molecular weight is 439 g/mol. The molecule has 4 aromatic rings. The molecule has 2 N–H and O–H groups in total. The Kier molecular flexibility index (Phi) is 4.95. The van der Waals surface area contributed by atoms with Crippen LogP contribution in [0.1, 0.15) is 18.7 Å². The van der Waals surface area contributed by atoms with E-state index in [1.54, 1.807) is 31.3 Å². The second-order valence-corrected chi connectivity index (χ2v) is 8.72. The first-order valence-corrected chi connectivity index (χ1v) is 11.0. The average Bonchev–Trinajstić information content (AvgIpc) is 3.41. The highest BCUT2D eigenvalue weighted by atomic mass is 32.1. The Morgan fingerprint density at radius 3 is 2.77 bits per heavy atom. The molecule has 0 unspecified atom stereocenters. The molecule has 31 heavy (non-hydrogen) atoms. The fourth-order valence-electron chi connectivity index (χ4n) is 4.12. The van der Waals surface area contributed by atoms with Gasteiger partial charge in [-0.2, -0.15) is 0 Å². The van der Waals surface area contributed by atoms with E-state index in [0.29, 0.717) is 22.7 Å². The number of aromatic nitrogens is 4. The summed E-state index contributed by atoms with van der Waals surface area (Å²) in [6, 6.07) is 8.68. The van der Waals surface area contributed by atoms with Gasteiger partial charge in [0.05, 0.1) is 17.7 Å². The minimum absolute atomic E-state index is 0.0623. The Bertz CT molecular complexity index is 1330. The van der Waals surface area contributed by atoms with Gasteiger partial charge in [-0.25, -0.2) is 0 Å². The third kappa shape index (κ3) is 3.47. The molecule has 1 fully saturated rings. The summed E-state index contributed by atoms with van der Waals surface area (Å²) >= 11 is 1.42. The highest BCUT2D eigenvalue weighted by Gasteiger charge is 2.27. The molecule has 160 valence electrons. The second-order valence-electron chi connectivity index (χ2n) is 7.81. The molecule has 3 aromatic heterocycles. The zero-order valence-corrected chi connectivity index (χ0v) is 17.8. The first-order valence-electron chi connectivity index (χ1n) is 10.1. The molecular weight excluding hydrogens is 416 g/mol. The Balaban J connectivity index is 1.29. The molecule has 5 rings (SSSR count). The summed E-state index contributed by atoms with van der Waals surface area (Å²) < 4.78 is 4.17. The Labute approximate surface area is 181 Å². The summed E-state index contributed by atoms with van der Waals surface area (Å²) in [6.07, 6.45) is 1.45. The number of aromatic hydroxyl groups is 1. The maximum Gasteiger partial charge on any atom is 0.272 e. The lowest BCUT2D eigenvalue weighted by Crippen LogP contribution is -2.38. The SMILES string of the molecule is Cn1c(=O)c2sccc2n2c(CN3CCC(C(=O)Nc4ccccc4O)CC3)nnc12. The second kappa shape index (κ2) is 7.78. The molecule has 0 aliphatic carbocycles. The monoisotopic (exact) mass is 438 g/mol. The normalized spacial score (nSPS) is 15.6. The molecule has 0 spiro atoms. The Morgan fingerprint density at radius 2 is 2.00 bits per heavy atom. The predicted molar refractivity (Wildman–Crippen MR) is 118 cm³/mol. The standard InChI is InChI=1S/C21H22N6O3S/c1-25-20(30)18-15(8-11-31-18)27-17(23-24-21(25)27)12-26-9-6-13(7-10-26)19(29)22-14-4-2-3-5-16(14)28/h2-5,8,11,13,28H,6-7,9-10,12H2,1H3,(H,22,29). The van der Waals surface area contributed by atoms with Crippen molar-refractivity contribution in [3.05, 3.63) is 51.9 Å². The van der Waals surface area contributed by atoms with Gasteiger partial charge in [0.1, 0.15) is 10.4 Å². The number of likely N-dealkylation sites (tertiary alicyclic amines) is 1. The maximum absolute atomic E-state index is 12.6. The molecule has 0 saturated carbocycles. The molecule has 1 aliphatic rings. The van der Waals surface area contributed by atoms with Crippen molar-refractivity contribution in [2.24, 2.45) is 13.0 Å². The lowest BCUT2D eigenvalue weighted by atomic mass is 9.95. The number of hydrogen-bond donors (Lipinski definition) is 2. The van der Waals surface area contributed by atoms with Gasteiger partial charge in [-0.05, 0) is 49.5 Å². The van der Waals surface area contributed by atoms with Crippen LogP contribution in [0.3, 0.4) is 0 Å². The van der Waals surface area contributed by atoms with Gasteiger partial charge in [-0.3, -0.25) is 23.5 Å². The highest BCUT2D eigenvalue weighted by Crippen LogP contribution is 2.26. The van der Waals surface area contributed by atoms with Crippen LogP contribution in [0.5, 0.6) is 5.75 Å². The van der Waals surface area contributed by atoms with Crippen LogP contribution in [0.25, 0.3) is 16.0 Å². The van der Waals surface area contributed by atoms with E-state index in [9.17, 15) is 14.7 Å². The van der Waals surface area contributed by atoms with Gasteiger partial charge in [0.2, 0.25) is 11.7 Å². The number of rotatable bonds is 4. The minimum Gasteiger partial charge on any atom is -0.506 e. The number of phenolic OH excluding ortho intramolecular Hbond substituents is 1. The minimum atomic E-state index is -0.101. The van der Waals surface area contributed by atoms with Crippen molar-refractivity contribution >= 4 is 38.9 Å². The van der Waals surface area contributed by atoms with Crippen molar-refractivity contribution in [3.63, 3.8) is 0 Å². The van der Waals surface area contributed by atoms with Crippen molar-refractivity contribution in [2.75, 3.05) is 18.4 Å². The van der Waals surface area contributed by atoms with Crippen LogP contribution in [0, 0.1) is 5.92 Å². The first-order chi connectivity index (χ1) is 15.0. The number of carbonyl (C=O) groups excluding carboxylic acids is 1. The maximum atomic E-state index is 12.6. The first kappa shape index (κ1) is 19.7. The summed E-state index contributed by atoms with van der Waals surface area (Å²) in [4.78, 5) is 27.3. The van der Waals surface area contributed by atoms with E-state index in [2.05, 4.69) is 20.4 Å². The number of anilines is 1. The summed E-state index contributed by atoms with van der Waals surface area (Å²) in [5.74, 6) is 1.22. The zero-order valence-electron chi connectivity index (χ0n) is 17.0. The van der Waals surface area contributed by atoms with Crippen LogP contribution in [0.4, 0.5) is 5.69 Å². The van der Waals surface area contributed by atoms with Crippen molar-refractivity contribution < 1.29 is 9.90 Å². The van der Waals surface area contributed by atoms with Crippen molar-refractivity contribution in [2.45, 2.75) is 19.4 Å². The van der Waals surface area contributed by atoms with Gasteiger partial charge in [0.25, 0.3) is 5.56 Å². The van der Waals surface area contributed by atoms with Crippen molar-refractivity contribution in [1.29, 1.82) is 0 Å². The Hall–Kier alpha value is -3.24. The van der Waals surface area contributed by atoms with Crippen LogP contribution < -0.4 is 10.9 Å². The van der Waals surface area contributed by atoms with Crippen LogP contribution in [-0.2, 0) is 18.4 Å². The van der Waals surface area contributed by atoms with Crippen molar-refractivity contribution in [3.8, 4) is 5.75 Å². The molecule has 0 atom stereocenters. The number of piperidine rings is 1. The van der Waals surface area contributed by atoms with Crippen molar-refractivity contribution in [1.82, 2.24) is 24.1 Å². The molecular formula is C21H22N6O3S. The number of nitrogens with zero attached hydrogens (tertiary/aromatic N) is 5. The molecule has 1 aliphatic heterocycles. The molecule has 1 aromatic carbocycles. The number of phenols is 1.